The van der Waals surface area contributed by atoms with Gasteiger partial charge in [-0.15, -0.1) is 0 Å². The second kappa shape index (κ2) is 6.97. The van der Waals surface area contributed by atoms with Crippen molar-refractivity contribution >= 4 is 22.8 Å². The molecule has 0 aliphatic rings. The summed E-state index contributed by atoms with van der Waals surface area (Å²) in [5, 5.41) is 9.85. The molecule has 23 heavy (non-hydrogen) atoms. The minimum Gasteiger partial charge on any atom is -0.465 e. The lowest BCUT2D eigenvalue weighted by Gasteiger charge is -2.08. The number of hydrogen-bond acceptors (Lipinski definition) is 5. The van der Waals surface area contributed by atoms with E-state index >= 15 is 0 Å². The van der Waals surface area contributed by atoms with E-state index in [2.05, 4.69) is 10.8 Å². The fraction of sp³-hybridized carbons (Fsp3) is 0.353. The van der Waals surface area contributed by atoms with E-state index in [1.807, 2.05) is 13.8 Å². The number of methoxy groups -OCH3 is 1. The predicted octanol–water partition coefficient (Wildman–Crippen LogP) is 2.50. The van der Waals surface area contributed by atoms with Gasteiger partial charge in [0.25, 0.3) is 0 Å². The minimum absolute atomic E-state index is 0.0163. The highest BCUT2D eigenvalue weighted by Crippen LogP contribution is 2.23. The molecule has 1 aromatic heterocycles. The average Bonchev–Trinajstić information content (AvgIpc) is 2.89. The molecule has 0 fully saturated rings. The number of carbonyl (C=O) groups excluding carboxylic acids is 2. The van der Waals surface area contributed by atoms with Crippen molar-refractivity contribution in [3.8, 4) is 6.07 Å². The van der Waals surface area contributed by atoms with Gasteiger partial charge in [0.1, 0.15) is 12.6 Å². The molecule has 0 spiro atoms. The van der Waals surface area contributed by atoms with Crippen molar-refractivity contribution in [3.05, 3.63) is 35.5 Å². The molecule has 0 radical (unpaired) electrons. The van der Waals surface area contributed by atoms with E-state index in [4.69, 9.17) is 4.74 Å². The molecule has 1 heterocycles. The molecule has 0 unspecified atom stereocenters. The van der Waals surface area contributed by atoms with E-state index in [0.29, 0.717) is 28.6 Å². The first-order valence-electron chi connectivity index (χ1n) is 7.23. The summed E-state index contributed by atoms with van der Waals surface area (Å²) in [7, 11) is 1.30. The van der Waals surface area contributed by atoms with Crippen molar-refractivity contribution in [3.63, 3.8) is 0 Å². The van der Waals surface area contributed by atoms with Crippen LogP contribution in [0.1, 0.15) is 29.8 Å². The summed E-state index contributed by atoms with van der Waals surface area (Å²) in [5.41, 5.74) is 1.44. The van der Waals surface area contributed by atoms with E-state index in [9.17, 15) is 14.9 Å². The number of nitriles is 1. The molecule has 6 nitrogen and oxygen atoms in total. The molecular formula is C17H18N2O4. The second-order valence-corrected chi connectivity index (χ2v) is 5.58. The standard InChI is InChI=1S/C17H18N2O4/c1-11(2)10-23-16(20)9-19-8-13(7-18)14-6-12(17(21)22-3)4-5-15(14)19/h4-6,8,11H,9-10H2,1-3H3. The maximum Gasteiger partial charge on any atom is 0.337 e. The minimum atomic E-state index is -0.472. The Hall–Kier alpha value is -2.81. The third kappa shape index (κ3) is 3.69. The van der Waals surface area contributed by atoms with Gasteiger partial charge in [-0.3, -0.25) is 4.79 Å². The summed E-state index contributed by atoms with van der Waals surface area (Å²) in [6, 6.07) is 6.96. The van der Waals surface area contributed by atoms with Gasteiger partial charge in [-0.05, 0) is 24.1 Å². The molecule has 0 N–H and O–H groups in total. The zero-order valence-corrected chi connectivity index (χ0v) is 13.3. The number of benzene rings is 1. The lowest BCUT2D eigenvalue weighted by atomic mass is 10.1. The number of nitrogens with zero attached hydrogens (tertiary/aromatic N) is 2. The summed E-state index contributed by atoms with van der Waals surface area (Å²) < 4.78 is 11.5. The smallest absolute Gasteiger partial charge is 0.337 e. The second-order valence-electron chi connectivity index (χ2n) is 5.58. The highest BCUT2D eigenvalue weighted by atomic mass is 16.5. The Balaban J connectivity index is 2.33. The van der Waals surface area contributed by atoms with Gasteiger partial charge in [0.05, 0.1) is 24.8 Å². The van der Waals surface area contributed by atoms with Crippen molar-refractivity contribution in [1.82, 2.24) is 4.57 Å². The van der Waals surface area contributed by atoms with Gasteiger partial charge >= 0.3 is 11.9 Å². The summed E-state index contributed by atoms with van der Waals surface area (Å²) in [5.74, 6) is -0.574. The monoisotopic (exact) mass is 314 g/mol. The number of fused-ring (bicyclic) bond motifs is 1. The SMILES string of the molecule is COC(=O)c1ccc2c(c1)c(C#N)cn2CC(=O)OCC(C)C. The lowest BCUT2D eigenvalue weighted by Crippen LogP contribution is -2.15. The zero-order valence-electron chi connectivity index (χ0n) is 13.3. The number of ether oxygens (including phenoxy) is 2. The third-order valence-electron chi connectivity index (χ3n) is 3.30. The van der Waals surface area contributed by atoms with Gasteiger partial charge in [0.15, 0.2) is 0 Å². The van der Waals surface area contributed by atoms with Crippen molar-refractivity contribution in [2.24, 2.45) is 5.92 Å². The summed E-state index contributed by atoms with van der Waals surface area (Å²) in [6.45, 7) is 4.29. The van der Waals surface area contributed by atoms with Crippen molar-refractivity contribution in [2.75, 3.05) is 13.7 Å². The van der Waals surface area contributed by atoms with Crippen LogP contribution < -0.4 is 0 Å². The highest BCUT2D eigenvalue weighted by molar-refractivity contribution is 5.97. The topological polar surface area (TPSA) is 81.3 Å². The van der Waals surface area contributed by atoms with Gasteiger partial charge in [0, 0.05) is 17.1 Å². The van der Waals surface area contributed by atoms with Crippen LogP contribution in [-0.2, 0) is 20.8 Å². The molecule has 0 saturated heterocycles. The first-order valence-corrected chi connectivity index (χ1v) is 7.23. The highest BCUT2D eigenvalue weighted by Gasteiger charge is 2.15. The molecular weight excluding hydrogens is 296 g/mol. The Kier molecular flexibility index (Phi) is 5.02. The average molecular weight is 314 g/mol. The quantitative estimate of drug-likeness (QED) is 0.792. The van der Waals surface area contributed by atoms with E-state index < -0.39 is 5.97 Å². The fourth-order valence-electron chi connectivity index (χ4n) is 2.21. The van der Waals surface area contributed by atoms with Crippen molar-refractivity contribution in [2.45, 2.75) is 20.4 Å². The maximum atomic E-state index is 11.9. The van der Waals surface area contributed by atoms with Gasteiger partial charge in [-0.1, -0.05) is 13.8 Å². The number of carbonyl (C=O) groups is 2. The van der Waals surface area contributed by atoms with Crippen LogP contribution in [0, 0.1) is 17.2 Å². The van der Waals surface area contributed by atoms with E-state index in [1.165, 1.54) is 7.11 Å². The maximum absolute atomic E-state index is 11.9. The molecule has 6 heteroatoms. The van der Waals surface area contributed by atoms with Crippen LogP contribution in [0.25, 0.3) is 10.9 Å². The van der Waals surface area contributed by atoms with Crippen LogP contribution in [-0.4, -0.2) is 30.2 Å². The number of rotatable bonds is 5. The Morgan fingerprint density at radius 1 is 1.35 bits per heavy atom. The third-order valence-corrected chi connectivity index (χ3v) is 3.30. The molecule has 0 amide bonds. The van der Waals surface area contributed by atoms with Crippen LogP contribution in [0.15, 0.2) is 24.4 Å². The Morgan fingerprint density at radius 3 is 2.70 bits per heavy atom. The molecule has 0 aliphatic carbocycles. The molecule has 0 atom stereocenters. The van der Waals surface area contributed by atoms with Gasteiger partial charge < -0.3 is 14.0 Å². The molecule has 1 aromatic carbocycles. The van der Waals surface area contributed by atoms with Crippen LogP contribution in [0.4, 0.5) is 0 Å². The molecule has 2 rings (SSSR count). The molecule has 120 valence electrons. The Morgan fingerprint density at radius 2 is 2.09 bits per heavy atom. The first kappa shape index (κ1) is 16.6. The van der Waals surface area contributed by atoms with Crippen LogP contribution in [0.3, 0.4) is 0 Å². The summed E-state index contributed by atoms with van der Waals surface area (Å²) in [4.78, 5) is 23.5. The van der Waals surface area contributed by atoms with E-state index in [-0.39, 0.29) is 18.4 Å². The predicted molar refractivity (Wildman–Crippen MR) is 83.8 cm³/mol. The zero-order chi connectivity index (χ0) is 17.0. The molecule has 0 bridgehead atoms. The van der Waals surface area contributed by atoms with Crippen LogP contribution in [0.5, 0.6) is 0 Å². The first-order chi connectivity index (χ1) is 11.0. The van der Waals surface area contributed by atoms with Crippen LogP contribution >= 0.6 is 0 Å². The van der Waals surface area contributed by atoms with Gasteiger partial charge in [-0.25, -0.2) is 4.79 Å². The number of esters is 2. The summed E-state index contributed by atoms with van der Waals surface area (Å²) >= 11 is 0. The Bertz CT molecular complexity index is 784. The largest absolute Gasteiger partial charge is 0.465 e. The van der Waals surface area contributed by atoms with E-state index in [1.54, 1.807) is 29.0 Å². The molecule has 2 aromatic rings. The number of aromatic nitrogens is 1. The van der Waals surface area contributed by atoms with Gasteiger partial charge in [0.2, 0.25) is 0 Å². The Labute approximate surface area is 134 Å². The van der Waals surface area contributed by atoms with Gasteiger partial charge in [-0.2, -0.15) is 5.26 Å². The van der Waals surface area contributed by atoms with E-state index in [0.717, 1.165) is 0 Å². The van der Waals surface area contributed by atoms with Crippen LogP contribution in [0.2, 0.25) is 0 Å². The molecule has 0 saturated carbocycles. The van der Waals surface area contributed by atoms with Crippen molar-refractivity contribution in [1.29, 1.82) is 5.26 Å². The fourth-order valence-corrected chi connectivity index (χ4v) is 2.21. The lowest BCUT2D eigenvalue weighted by molar-refractivity contribution is -0.145. The summed E-state index contributed by atoms with van der Waals surface area (Å²) in [6.07, 6.45) is 1.59. The molecule has 0 aliphatic heterocycles. The normalized spacial score (nSPS) is 10.6. The van der Waals surface area contributed by atoms with Crippen molar-refractivity contribution < 1.29 is 19.1 Å². The number of hydrogen-bond donors (Lipinski definition) is 0.